The number of hydrogen-bond acceptors (Lipinski definition) is 4. The molecule has 6 nitrogen and oxygen atoms in total. The predicted octanol–water partition coefficient (Wildman–Crippen LogP) is 1.88. The highest BCUT2D eigenvalue weighted by molar-refractivity contribution is 5.99. The van der Waals surface area contributed by atoms with Crippen LogP contribution in [0, 0.1) is 13.8 Å². The normalized spacial score (nSPS) is 16.3. The van der Waals surface area contributed by atoms with Crippen LogP contribution in [0.5, 0.6) is 0 Å². The number of ketones is 1. The Hall–Kier alpha value is -1.95. The highest BCUT2D eigenvalue weighted by atomic mass is 16.1. The highest BCUT2D eigenvalue weighted by Crippen LogP contribution is 2.19. The maximum atomic E-state index is 12.6. The van der Waals surface area contributed by atoms with Crippen molar-refractivity contribution in [2.45, 2.75) is 33.1 Å². The zero-order chi connectivity index (χ0) is 14.8. The largest absolute Gasteiger partial charge is 0.296 e. The van der Waals surface area contributed by atoms with Crippen molar-refractivity contribution >= 4 is 5.78 Å². The van der Waals surface area contributed by atoms with E-state index in [1.807, 2.05) is 24.5 Å². The molecule has 0 aliphatic carbocycles. The number of piperidine rings is 1. The number of nitrogens with one attached hydrogen (secondary N) is 1. The second kappa shape index (κ2) is 5.81. The van der Waals surface area contributed by atoms with Crippen LogP contribution in [0.2, 0.25) is 0 Å². The molecule has 0 bridgehead atoms. The molecule has 1 aliphatic heterocycles. The van der Waals surface area contributed by atoms with Gasteiger partial charge >= 0.3 is 0 Å². The van der Waals surface area contributed by atoms with Gasteiger partial charge in [0.05, 0.1) is 6.54 Å². The maximum absolute atomic E-state index is 12.6. The van der Waals surface area contributed by atoms with E-state index in [4.69, 9.17) is 0 Å². The number of carbonyl (C=O) groups excluding carboxylic acids is 1. The molecule has 3 rings (SSSR count). The van der Waals surface area contributed by atoms with Crippen LogP contribution in [0.1, 0.15) is 41.0 Å². The van der Waals surface area contributed by atoms with Gasteiger partial charge in [-0.1, -0.05) is 6.42 Å². The van der Waals surface area contributed by atoms with E-state index in [-0.39, 0.29) is 5.78 Å². The van der Waals surface area contributed by atoms with Crippen molar-refractivity contribution in [3.63, 3.8) is 0 Å². The Morgan fingerprint density at radius 1 is 1.29 bits per heavy atom. The lowest BCUT2D eigenvalue weighted by Crippen LogP contribution is -2.34. The van der Waals surface area contributed by atoms with Crippen molar-refractivity contribution in [3.05, 3.63) is 29.3 Å². The Bertz CT molecular complexity index is 623. The minimum Gasteiger partial charge on any atom is -0.296 e. The van der Waals surface area contributed by atoms with E-state index >= 15 is 0 Å². The fourth-order valence-electron chi connectivity index (χ4n) is 3.08. The zero-order valence-corrected chi connectivity index (χ0v) is 12.6. The number of hydrogen-bond donors (Lipinski definition) is 1. The molecule has 3 heterocycles. The van der Waals surface area contributed by atoms with Crippen LogP contribution < -0.4 is 0 Å². The summed E-state index contributed by atoms with van der Waals surface area (Å²) in [5.74, 6) is 0.845. The van der Waals surface area contributed by atoms with E-state index < -0.39 is 0 Å². The van der Waals surface area contributed by atoms with Gasteiger partial charge in [-0.25, -0.2) is 5.10 Å². The third-order valence-corrected chi connectivity index (χ3v) is 4.16. The lowest BCUT2D eigenvalue weighted by molar-refractivity contribution is 0.0915. The SMILES string of the molecule is Cc1cc(C(=O)CN2CCCCC2)c(C)n1-c1ncn[nH]1. The van der Waals surface area contributed by atoms with E-state index in [1.165, 1.54) is 25.6 Å². The van der Waals surface area contributed by atoms with Gasteiger partial charge in [-0.2, -0.15) is 10.1 Å². The molecule has 2 aromatic heterocycles. The molecule has 1 N–H and O–H groups in total. The number of carbonyl (C=O) groups is 1. The smallest absolute Gasteiger partial charge is 0.229 e. The second-order valence-corrected chi connectivity index (χ2v) is 5.69. The molecule has 1 aliphatic rings. The number of H-pyrrole nitrogens is 1. The first kappa shape index (κ1) is 14.0. The molecule has 0 aromatic carbocycles. The number of rotatable bonds is 4. The van der Waals surface area contributed by atoms with E-state index in [1.54, 1.807) is 0 Å². The topological polar surface area (TPSA) is 66.8 Å². The molecule has 6 heteroatoms. The van der Waals surface area contributed by atoms with Crippen molar-refractivity contribution < 1.29 is 4.79 Å². The van der Waals surface area contributed by atoms with Gasteiger partial charge in [-0.05, 0) is 45.8 Å². The van der Waals surface area contributed by atoms with Crippen LogP contribution in [0.15, 0.2) is 12.4 Å². The molecule has 0 amide bonds. The molecule has 0 spiro atoms. The maximum Gasteiger partial charge on any atom is 0.229 e. The molecule has 1 saturated heterocycles. The van der Waals surface area contributed by atoms with E-state index in [0.29, 0.717) is 12.5 Å². The first-order valence-electron chi connectivity index (χ1n) is 7.47. The van der Waals surface area contributed by atoms with Gasteiger partial charge in [0.1, 0.15) is 6.33 Å². The van der Waals surface area contributed by atoms with Crippen LogP contribution in [-0.2, 0) is 0 Å². The van der Waals surface area contributed by atoms with Crippen molar-refractivity contribution in [2.24, 2.45) is 0 Å². The Balaban J connectivity index is 1.82. The molecular weight excluding hydrogens is 266 g/mol. The van der Waals surface area contributed by atoms with E-state index in [9.17, 15) is 4.79 Å². The van der Waals surface area contributed by atoms with E-state index in [2.05, 4.69) is 20.1 Å². The average molecular weight is 287 g/mol. The number of aryl methyl sites for hydroxylation is 1. The number of likely N-dealkylation sites (tertiary alicyclic amines) is 1. The summed E-state index contributed by atoms with van der Waals surface area (Å²) >= 11 is 0. The fraction of sp³-hybridized carbons (Fsp3) is 0.533. The highest BCUT2D eigenvalue weighted by Gasteiger charge is 2.20. The number of Topliss-reactive ketones (excluding diaryl/α,β-unsaturated/α-hetero) is 1. The fourth-order valence-corrected chi connectivity index (χ4v) is 3.08. The molecule has 0 radical (unpaired) electrons. The number of aromatic amines is 1. The number of nitrogens with zero attached hydrogens (tertiary/aromatic N) is 4. The summed E-state index contributed by atoms with van der Waals surface area (Å²) < 4.78 is 1.94. The first-order chi connectivity index (χ1) is 10.2. The minimum absolute atomic E-state index is 0.191. The molecule has 2 aromatic rings. The summed E-state index contributed by atoms with van der Waals surface area (Å²) in [6.07, 6.45) is 5.16. The third-order valence-electron chi connectivity index (χ3n) is 4.16. The van der Waals surface area contributed by atoms with Crippen molar-refractivity contribution in [3.8, 4) is 5.95 Å². The van der Waals surface area contributed by atoms with Gasteiger partial charge in [-0.15, -0.1) is 0 Å². The van der Waals surface area contributed by atoms with Gasteiger partial charge in [0.25, 0.3) is 0 Å². The van der Waals surface area contributed by atoms with Gasteiger partial charge < -0.3 is 0 Å². The monoisotopic (exact) mass is 287 g/mol. The van der Waals surface area contributed by atoms with Gasteiger partial charge in [0, 0.05) is 17.0 Å². The third kappa shape index (κ3) is 2.76. The molecule has 21 heavy (non-hydrogen) atoms. The molecule has 0 atom stereocenters. The average Bonchev–Trinajstić information content (AvgIpc) is 3.08. The summed E-state index contributed by atoms with van der Waals surface area (Å²) in [5, 5.41) is 6.73. The summed E-state index contributed by atoms with van der Waals surface area (Å²) in [4.78, 5) is 19.0. The minimum atomic E-state index is 0.191. The molecule has 1 fully saturated rings. The second-order valence-electron chi connectivity index (χ2n) is 5.69. The quantitative estimate of drug-likeness (QED) is 0.872. The summed E-state index contributed by atoms with van der Waals surface area (Å²) in [6.45, 7) is 6.52. The summed E-state index contributed by atoms with van der Waals surface area (Å²) in [6, 6.07) is 1.95. The lowest BCUT2D eigenvalue weighted by atomic mass is 10.1. The van der Waals surface area contributed by atoms with Crippen molar-refractivity contribution in [2.75, 3.05) is 19.6 Å². The molecular formula is C15H21N5O. The van der Waals surface area contributed by atoms with Crippen LogP contribution >= 0.6 is 0 Å². The lowest BCUT2D eigenvalue weighted by Gasteiger charge is -2.25. The van der Waals surface area contributed by atoms with Crippen molar-refractivity contribution in [1.82, 2.24) is 24.6 Å². The van der Waals surface area contributed by atoms with Crippen LogP contribution in [0.25, 0.3) is 5.95 Å². The summed E-state index contributed by atoms with van der Waals surface area (Å²) in [5.41, 5.74) is 2.70. The Kier molecular flexibility index (Phi) is 3.88. The first-order valence-corrected chi connectivity index (χ1v) is 7.47. The Morgan fingerprint density at radius 2 is 2.05 bits per heavy atom. The standard InChI is InChI=1S/C15H21N5O/c1-11-8-13(12(2)20(11)15-16-10-17-18-15)14(21)9-19-6-4-3-5-7-19/h8,10H,3-7,9H2,1-2H3,(H,16,17,18). The Labute approximate surface area is 124 Å². The molecule has 0 saturated carbocycles. The van der Waals surface area contributed by atoms with Crippen molar-refractivity contribution in [1.29, 1.82) is 0 Å². The Morgan fingerprint density at radius 3 is 2.71 bits per heavy atom. The summed E-state index contributed by atoms with van der Waals surface area (Å²) in [7, 11) is 0. The predicted molar refractivity (Wildman–Crippen MR) is 79.8 cm³/mol. The van der Waals surface area contributed by atoms with Gasteiger partial charge in [-0.3, -0.25) is 14.3 Å². The molecule has 112 valence electrons. The zero-order valence-electron chi connectivity index (χ0n) is 12.6. The number of aromatic nitrogens is 4. The van der Waals surface area contributed by atoms with Gasteiger partial charge in [0.15, 0.2) is 5.78 Å². The van der Waals surface area contributed by atoms with Gasteiger partial charge in [0.2, 0.25) is 5.95 Å². The van der Waals surface area contributed by atoms with Crippen LogP contribution in [0.3, 0.4) is 0 Å². The molecule has 0 unspecified atom stereocenters. The van der Waals surface area contributed by atoms with Crippen LogP contribution in [-0.4, -0.2) is 50.1 Å². The van der Waals surface area contributed by atoms with Crippen LogP contribution in [0.4, 0.5) is 0 Å². The van der Waals surface area contributed by atoms with E-state index in [0.717, 1.165) is 30.0 Å².